The number of hydrogen-bond acceptors (Lipinski definition) is 3. The Morgan fingerprint density at radius 3 is 2.35 bits per heavy atom. The minimum Gasteiger partial charge on any atom is -0.389 e. The largest absolute Gasteiger partial charge is 0.389 e. The topological polar surface area (TPSA) is 55.8 Å². The maximum atomic E-state index is 12.1. The van der Waals surface area contributed by atoms with Gasteiger partial charge in [0.25, 0.3) is 0 Å². The van der Waals surface area contributed by atoms with E-state index in [1.807, 2.05) is 29.2 Å². The second-order valence-electron chi connectivity index (χ2n) is 5.15. The number of amides is 2. The van der Waals surface area contributed by atoms with Gasteiger partial charge in [0.1, 0.15) is 0 Å². The first-order valence-corrected chi connectivity index (χ1v) is 7.16. The predicted molar refractivity (Wildman–Crippen MR) is 79.8 cm³/mol. The summed E-state index contributed by atoms with van der Waals surface area (Å²) >= 11 is 0. The lowest BCUT2D eigenvalue weighted by Gasteiger charge is -2.34. The van der Waals surface area contributed by atoms with Crippen molar-refractivity contribution < 1.29 is 9.90 Å². The molecule has 1 aliphatic heterocycles. The lowest BCUT2D eigenvalue weighted by atomic mass is 10.1. The number of rotatable bonds is 3. The zero-order valence-electron chi connectivity index (χ0n) is 12.2. The van der Waals surface area contributed by atoms with E-state index in [9.17, 15) is 9.90 Å². The number of aliphatic hydroxyl groups is 1. The number of nitrogens with one attached hydrogen (secondary N) is 1. The molecule has 110 valence electrons. The summed E-state index contributed by atoms with van der Waals surface area (Å²) in [7, 11) is 0. The van der Waals surface area contributed by atoms with E-state index in [-0.39, 0.29) is 6.03 Å². The van der Waals surface area contributed by atoms with Crippen LogP contribution >= 0.6 is 0 Å². The van der Waals surface area contributed by atoms with Crippen molar-refractivity contribution in [3.8, 4) is 0 Å². The number of anilines is 1. The van der Waals surface area contributed by atoms with Crippen LogP contribution in [0.25, 0.3) is 0 Å². The van der Waals surface area contributed by atoms with Gasteiger partial charge in [0.05, 0.1) is 6.10 Å². The van der Waals surface area contributed by atoms with Crippen molar-refractivity contribution in [3.63, 3.8) is 0 Å². The van der Waals surface area contributed by atoms with Gasteiger partial charge in [0.2, 0.25) is 0 Å². The fourth-order valence-corrected chi connectivity index (χ4v) is 2.31. The number of nitrogens with zero attached hydrogens (tertiary/aromatic N) is 2. The van der Waals surface area contributed by atoms with Gasteiger partial charge in [0, 0.05) is 31.9 Å². The molecule has 2 amide bonds. The smallest absolute Gasteiger partial charge is 0.321 e. The molecule has 2 rings (SSSR count). The predicted octanol–water partition coefficient (Wildman–Crippen LogP) is 1.91. The van der Waals surface area contributed by atoms with Gasteiger partial charge < -0.3 is 20.2 Å². The first-order valence-electron chi connectivity index (χ1n) is 7.16. The summed E-state index contributed by atoms with van der Waals surface area (Å²) in [5.74, 6) is 0. The van der Waals surface area contributed by atoms with E-state index in [1.54, 1.807) is 6.92 Å². The van der Waals surface area contributed by atoms with Crippen LogP contribution in [-0.4, -0.2) is 53.7 Å². The van der Waals surface area contributed by atoms with Crippen molar-refractivity contribution in [1.82, 2.24) is 9.80 Å². The van der Waals surface area contributed by atoms with Crippen molar-refractivity contribution in [2.45, 2.75) is 20.0 Å². The fourth-order valence-electron chi connectivity index (χ4n) is 2.31. The van der Waals surface area contributed by atoms with Gasteiger partial charge in [-0.2, -0.15) is 0 Å². The average molecular weight is 277 g/mol. The van der Waals surface area contributed by atoms with Crippen LogP contribution in [0, 0.1) is 0 Å². The Morgan fingerprint density at radius 2 is 1.85 bits per heavy atom. The fraction of sp³-hybridized carbons (Fsp3) is 0.533. The molecular formula is C15H23N3O2. The van der Waals surface area contributed by atoms with E-state index in [0.717, 1.165) is 44.0 Å². The van der Waals surface area contributed by atoms with Gasteiger partial charge in [-0.3, -0.25) is 0 Å². The van der Waals surface area contributed by atoms with Crippen LogP contribution in [0.3, 0.4) is 0 Å². The summed E-state index contributed by atoms with van der Waals surface area (Å²) < 4.78 is 0. The Balaban J connectivity index is 1.88. The molecule has 0 bridgehead atoms. The van der Waals surface area contributed by atoms with Crippen molar-refractivity contribution in [1.29, 1.82) is 0 Å². The number of aliphatic hydroxyl groups excluding tert-OH is 1. The van der Waals surface area contributed by atoms with Crippen molar-refractivity contribution in [3.05, 3.63) is 29.8 Å². The van der Waals surface area contributed by atoms with E-state index in [2.05, 4.69) is 17.1 Å². The van der Waals surface area contributed by atoms with Gasteiger partial charge >= 0.3 is 6.03 Å². The molecule has 1 fully saturated rings. The quantitative estimate of drug-likeness (QED) is 0.887. The minimum absolute atomic E-state index is 0.0504. The Morgan fingerprint density at radius 1 is 1.25 bits per heavy atom. The van der Waals surface area contributed by atoms with Gasteiger partial charge in [-0.05, 0) is 31.2 Å². The van der Waals surface area contributed by atoms with Crippen LogP contribution in [0.15, 0.2) is 24.3 Å². The van der Waals surface area contributed by atoms with E-state index in [0.29, 0.717) is 0 Å². The first kappa shape index (κ1) is 14.8. The van der Waals surface area contributed by atoms with E-state index < -0.39 is 6.10 Å². The summed E-state index contributed by atoms with van der Waals surface area (Å²) in [6.45, 7) is 8.31. The third-order valence-corrected chi connectivity index (χ3v) is 3.75. The number of hydrogen-bond donors (Lipinski definition) is 2. The highest BCUT2D eigenvalue weighted by Crippen LogP contribution is 2.16. The number of carbonyl (C=O) groups excluding carboxylic acids is 1. The normalized spacial score (nSPS) is 17.9. The molecule has 1 aromatic rings. The van der Waals surface area contributed by atoms with Crippen LogP contribution in [0.1, 0.15) is 25.5 Å². The minimum atomic E-state index is -0.484. The average Bonchev–Trinajstić information content (AvgIpc) is 2.48. The number of urea groups is 1. The monoisotopic (exact) mass is 277 g/mol. The molecule has 0 aromatic heterocycles. The van der Waals surface area contributed by atoms with E-state index in [4.69, 9.17) is 0 Å². The molecule has 1 heterocycles. The summed E-state index contributed by atoms with van der Waals surface area (Å²) in [5.41, 5.74) is 1.61. The van der Waals surface area contributed by atoms with Crippen molar-refractivity contribution in [2.24, 2.45) is 0 Å². The molecule has 1 atom stereocenters. The SMILES string of the molecule is CCN1CCN(C(=O)Nc2ccc(C(C)O)cc2)CC1. The Labute approximate surface area is 120 Å². The molecule has 1 aliphatic rings. The van der Waals surface area contributed by atoms with Gasteiger partial charge in [-0.15, -0.1) is 0 Å². The molecule has 20 heavy (non-hydrogen) atoms. The molecule has 0 aliphatic carbocycles. The van der Waals surface area contributed by atoms with Crippen molar-refractivity contribution >= 4 is 11.7 Å². The standard InChI is InChI=1S/C15H23N3O2/c1-3-17-8-10-18(11-9-17)15(20)16-14-6-4-13(5-7-14)12(2)19/h4-7,12,19H,3,8-11H2,1-2H3,(H,16,20). The Hall–Kier alpha value is -1.59. The molecule has 5 heteroatoms. The molecule has 5 nitrogen and oxygen atoms in total. The summed E-state index contributed by atoms with van der Waals surface area (Å²) in [6.07, 6.45) is -0.484. The maximum Gasteiger partial charge on any atom is 0.321 e. The molecule has 1 aromatic carbocycles. The molecule has 0 spiro atoms. The summed E-state index contributed by atoms with van der Waals surface area (Å²) in [5, 5.41) is 12.3. The maximum absolute atomic E-state index is 12.1. The highest BCUT2D eigenvalue weighted by molar-refractivity contribution is 5.89. The van der Waals surface area contributed by atoms with Gasteiger partial charge in [0.15, 0.2) is 0 Å². The zero-order valence-corrected chi connectivity index (χ0v) is 12.2. The van der Waals surface area contributed by atoms with E-state index >= 15 is 0 Å². The first-order chi connectivity index (χ1) is 9.60. The molecule has 0 radical (unpaired) electrons. The molecule has 1 saturated heterocycles. The van der Waals surface area contributed by atoms with Crippen LogP contribution < -0.4 is 5.32 Å². The summed E-state index contributed by atoms with van der Waals surface area (Å²) in [6, 6.07) is 7.25. The molecular weight excluding hydrogens is 254 g/mol. The second kappa shape index (κ2) is 6.72. The third kappa shape index (κ3) is 3.71. The zero-order chi connectivity index (χ0) is 14.5. The lowest BCUT2D eigenvalue weighted by molar-refractivity contribution is 0.151. The Kier molecular flexibility index (Phi) is 4.98. The van der Waals surface area contributed by atoms with E-state index in [1.165, 1.54) is 0 Å². The molecule has 2 N–H and O–H groups in total. The lowest BCUT2D eigenvalue weighted by Crippen LogP contribution is -2.49. The number of likely N-dealkylation sites (N-methyl/N-ethyl adjacent to an activating group) is 1. The highest BCUT2D eigenvalue weighted by Gasteiger charge is 2.19. The van der Waals surface area contributed by atoms with Crippen LogP contribution in [0.2, 0.25) is 0 Å². The van der Waals surface area contributed by atoms with Gasteiger partial charge in [-0.1, -0.05) is 19.1 Å². The number of piperazine rings is 1. The number of carbonyl (C=O) groups is 1. The van der Waals surface area contributed by atoms with Crippen LogP contribution in [0.4, 0.5) is 10.5 Å². The second-order valence-corrected chi connectivity index (χ2v) is 5.15. The van der Waals surface area contributed by atoms with Gasteiger partial charge in [-0.25, -0.2) is 4.79 Å². The van der Waals surface area contributed by atoms with Crippen LogP contribution in [0.5, 0.6) is 0 Å². The number of benzene rings is 1. The van der Waals surface area contributed by atoms with Crippen molar-refractivity contribution in [2.75, 3.05) is 38.0 Å². The van der Waals surface area contributed by atoms with Crippen LogP contribution in [-0.2, 0) is 0 Å². The Bertz CT molecular complexity index is 437. The third-order valence-electron chi connectivity index (χ3n) is 3.75. The highest BCUT2D eigenvalue weighted by atomic mass is 16.3. The summed E-state index contributed by atoms with van der Waals surface area (Å²) in [4.78, 5) is 16.3. The molecule has 0 saturated carbocycles. The molecule has 1 unspecified atom stereocenters.